The molecule has 26 heavy (non-hydrogen) atoms. The molecule has 0 radical (unpaired) electrons. The van der Waals surface area contributed by atoms with E-state index < -0.39 is 11.9 Å². The summed E-state index contributed by atoms with van der Waals surface area (Å²) < 4.78 is 6.78. The number of nitrogens with zero attached hydrogens (tertiary/aromatic N) is 2. The van der Waals surface area contributed by atoms with E-state index in [0.29, 0.717) is 11.2 Å². The minimum absolute atomic E-state index is 0.184. The van der Waals surface area contributed by atoms with Gasteiger partial charge < -0.3 is 26.0 Å². The molecule has 0 bridgehead atoms. The van der Waals surface area contributed by atoms with E-state index in [1.165, 1.54) is 6.20 Å². The Morgan fingerprint density at radius 2 is 1.96 bits per heavy atom. The first-order valence-corrected chi connectivity index (χ1v) is 8.01. The number of nitrogens with two attached hydrogens (primary N) is 1. The number of methoxy groups -OCH3 is 1. The van der Waals surface area contributed by atoms with Crippen molar-refractivity contribution in [1.29, 1.82) is 0 Å². The number of benzene rings is 1. The number of primary amides is 1. The SMILES string of the molecule is COc1ccc(-c2cc3c(NC(CO)CO)c(C(N)=O)cnn3c2)cc1. The largest absolute Gasteiger partial charge is 0.497 e. The Hall–Kier alpha value is -3.10. The van der Waals surface area contributed by atoms with Crippen LogP contribution in [-0.4, -0.2) is 52.1 Å². The fourth-order valence-corrected chi connectivity index (χ4v) is 2.69. The van der Waals surface area contributed by atoms with E-state index in [2.05, 4.69) is 10.4 Å². The van der Waals surface area contributed by atoms with Crippen LogP contribution in [0.25, 0.3) is 16.6 Å². The molecule has 1 aromatic carbocycles. The van der Waals surface area contributed by atoms with E-state index >= 15 is 0 Å². The van der Waals surface area contributed by atoms with Gasteiger partial charge in [0.05, 0.1) is 49.3 Å². The number of ether oxygens (including phenoxy) is 1. The second-order valence-electron chi connectivity index (χ2n) is 5.79. The van der Waals surface area contributed by atoms with Crippen LogP contribution in [0.1, 0.15) is 10.4 Å². The van der Waals surface area contributed by atoms with E-state index in [1.54, 1.807) is 11.6 Å². The number of rotatable bonds is 7. The first-order valence-electron chi connectivity index (χ1n) is 8.01. The van der Waals surface area contributed by atoms with Crippen LogP contribution in [-0.2, 0) is 0 Å². The third-order valence-electron chi connectivity index (χ3n) is 4.12. The topological polar surface area (TPSA) is 122 Å². The highest BCUT2D eigenvalue weighted by molar-refractivity contribution is 6.02. The number of carbonyl (C=O) groups excluding carboxylic acids is 1. The van der Waals surface area contributed by atoms with Gasteiger partial charge >= 0.3 is 0 Å². The van der Waals surface area contributed by atoms with Gasteiger partial charge in [0, 0.05) is 11.8 Å². The van der Waals surface area contributed by atoms with Crippen LogP contribution in [0, 0.1) is 0 Å². The van der Waals surface area contributed by atoms with Gasteiger partial charge in [0.15, 0.2) is 0 Å². The maximum Gasteiger partial charge on any atom is 0.252 e. The number of hydrogen-bond donors (Lipinski definition) is 4. The third kappa shape index (κ3) is 3.32. The minimum atomic E-state index is -0.649. The summed E-state index contributed by atoms with van der Waals surface area (Å²) in [6, 6.07) is 8.77. The van der Waals surface area contributed by atoms with Crippen molar-refractivity contribution < 1.29 is 19.7 Å². The normalized spacial score (nSPS) is 11.1. The molecule has 0 saturated heterocycles. The lowest BCUT2D eigenvalue weighted by Gasteiger charge is -2.17. The predicted octanol–water partition coefficient (Wildman–Crippen LogP) is 0.874. The van der Waals surface area contributed by atoms with Crippen LogP contribution in [0.5, 0.6) is 5.75 Å². The number of fused-ring (bicyclic) bond motifs is 1. The van der Waals surface area contributed by atoms with Gasteiger partial charge in [-0.15, -0.1) is 0 Å². The molecule has 0 atom stereocenters. The van der Waals surface area contributed by atoms with E-state index in [0.717, 1.165) is 16.9 Å². The summed E-state index contributed by atoms with van der Waals surface area (Å²) in [5.41, 5.74) is 8.49. The maximum absolute atomic E-state index is 11.8. The Morgan fingerprint density at radius 1 is 1.27 bits per heavy atom. The molecule has 5 N–H and O–H groups in total. The molecule has 0 saturated carbocycles. The molecule has 8 heteroatoms. The number of aromatic nitrogens is 2. The number of hydrogen-bond acceptors (Lipinski definition) is 6. The zero-order chi connectivity index (χ0) is 18.7. The van der Waals surface area contributed by atoms with Gasteiger partial charge in [0.1, 0.15) is 5.75 Å². The Morgan fingerprint density at radius 3 is 2.54 bits per heavy atom. The predicted molar refractivity (Wildman–Crippen MR) is 97.3 cm³/mol. The summed E-state index contributed by atoms with van der Waals surface area (Å²) in [5.74, 6) is 0.104. The monoisotopic (exact) mass is 356 g/mol. The van der Waals surface area contributed by atoms with Gasteiger partial charge in [-0.05, 0) is 23.8 Å². The lowest BCUT2D eigenvalue weighted by Crippen LogP contribution is -2.29. The molecule has 0 aliphatic carbocycles. The molecular weight excluding hydrogens is 336 g/mol. The van der Waals surface area contributed by atoms with Crippen molar-refractivity contribution in [3.63, 3.8) is 0 Å². The molecule has 0 fully saturated rings. The van der Waals surface area contributed by atoms with Gasteiger partial charge in [-0.1, -0.05) is 12.1 Å². The summed E-state index contributed by atoms with van der Waals surface area (Å²) >= 11 is 0. The first kappa shape index (κ1) is 17.7. The molecule has 3 rings (SSSR count). The van der Waals surface area contributed by atoms with Gasteiger partial charge in [0.2, 0.25) is 0 Å². The summed E-state index contributed by atoms with van der Waals surface area (Å²) in [7, 11) is 1.60. The van der Waals surface area contributed by atoms with Crippen molar-refractivity contribution in [3.8, 4) is 16.9 Å². The molecular formula is C18H20N4O4. The molecule has 0 spiro atoms. The van der Waals surface area contributed by atoms with E-state index in [-0.39, 0.29) is 18.8 Å². The third-order valence-corrected chi connectivity index (χ3v) is 4.12. The quantitative estimate of drug-likeness (QED) is 0.498. The van der Waals surface area contributed by atoms with Crippen LogP contribution in [0.3, 0.4) is 0 Å². The Bertz CT molecular complexity index is 917. The lowest BCUT2D eigenvalue weighted by molar-refractivity contribution is 0.1000. The molecule has 0 aliphatic heterocycles. The Kier molecular flexibility index (Phi) is 5.06. The summed E-state index contributed by atoms with van der Waals surface area (Å²) in [6.07, 6.45) is 3.18. The van der Waals surface area contributed by atoms with Crippen molar-refractivity contribution in [2.45, 2.75) is 6.04 Å². The van der Waals surface area contributed by atoms with Gasteiger partial charge in [-0.2, -0.15) is 5.10 Å². The molecule has 3 aromatic rings. The van der Waals surface area contributed by atoms with Crippen LogP contribution in [0.2, 0.25) is 0 Å². The number of aliphatic hydroxyl groups excluding tert-OH is 2. The molecule has 2 heterocycles. The summed E-state index contributed by atoms with van der Waals surface area (Å²) in [4.78, 5) is 11.8. The van der Waals surface area contributed by atoms with Crippen molar-refractivity contribution in [3.05, 3.63) is 48.3 Å². The van der Waals surface area contributed by atoms with Crippen LogP contribution in [0.4, 0.5) is 5.69 Å². The smallest absolute Gasteiger partial charge is 0.252 e. The van der Waals surface area contributed by atoms with Crippen molar-refractivity contribution in [2.24, 2.45) is 5.73 Å². The second-order valence-corrected chi connectivity index (χ2v) is 5.79. The highest BCUT2D eigenvalue weighted by Crippen LogP contribution is 2.29. The zero-order valence-corrected chi connectivity index (χ0v) is 14.2. The fourth-order valence-electron chi connectivity index (χ4n) is 2.69. The molecule has 136 valence electrons. The Labute approximate surface area is 149 Å². The van der Waals surface area contributed by atoms with Gasteiger partial charge in [-0.3, -0.25) is 4.79 Å². The molecule has 1 amide bonds. The highest BCUT2D eigenvalue weighted by Gasteiger charge is 2.18. The van der Waals surface area contributed by atoms with E-state index in [9.17, 15) is 15.0 Å². The number of anilines is 1. The van der Waals surface area contributed by atoms with Gasteiger partial charge in [-0.25, -0.2) is 4.52 Å². The number of aliphatic hydroxyl groups is 2. The minimum Gasteiger partial charge on any atom is -0.497 e. The fraction of sp³-hybridized carbons (Fsp3) is 0.222. The Balaban J connectivity index is 2.11. The maximum atomic E-state index is 11.8. The lowest BCUT2D eigenvalue weighted by atomic mass is 10.1. The highest BCUT2D eigenvalue weighted by atomic mass is 16.5. The average Bonchev–Trinajstić information content (AvgIpc) is 3.10. The van der Waals surface area contributed by atoms with Crippen LogP contribution in [0.15, 0.2) is 42.7 Å². The zero-order valence-electron chi connectivity index (χ0n) is 14.2. The molecule has 0 unspecified atom stereocenters. The molecule has 0 aliphatic rings. The van der Waals surface area contributed by atoms with Crippen LogP contribution >= 0.6 is 0 Å². The van der Waals surface area contributed by atoms with Crippen molar-refractivity contribution in [2.75, 3.05) is 25.6 Å². The van der Waals surface area contributed by atoms with Crippen molar-refractivity contribution in [1.82, 2.24) is 9.61 Å². The standard InChI is InChI=1S/C18H20N4O4/c1-26-14-4-2-11(3-5-14)12-6-16-17(21-13(9-23)10-24)15(18(19)25)7-20-22(16)8-12/h2-8,13,21,23-24H,9-10H2,1H3,(H2,19,25). The summed E-state index contributed by atoms with van der Waals surface area (Å²) in [6.45, 7) is -0.593. The first-order chi connectivity index (χ1) is 12.6. The number of nitrogens with one attached hydrogen (secondary N) is 1. The second kappa shape index (κ2) is 7.42. The summed E-state index contributed by atoms with van der Waals surface area (Å²) in [5, 5.41) is 25.9. The molecule has 2 aromatic heterocycles. The molecule has 8 nitrogen and oxygen atoms in total. The van der Waals surface area contributed by atoms with Crippen LogP contribution < -0.4 is 15.8 Å². The number of carbonyl (C=O) groups is 1. The van der Waals surface area contributed by atoms with E-state index in [4.69, 9.17) is 10.5 Å². The average molecular weight is 356 g/mol. The van der Waals surface area contributed by atoms with Gasteiger partial charge in [0.25, 0.3) is 5.91 Å². The van der Waals surface area contributed by atoms with Crippen molar-refractivity contribution >= 4 is 17.1 Å². The number of amides is 1. The van der Waals surface area contributed by atoms with E-state index in [1.807, 2.05) is 36.5 Å².